The Kier molecular flexibility index (Phi) is 3.78. The molecule has 0 radical (unpaired) electrons. The molecule has 0 amide bonds. The van der Waals surface area contributed by atoms with Gasteiger partial charge in [0.05, 0.1) is 0 Å². The Hall–Kier alpha value is -1.55. The molecule has 108 valence electrons. The van der Waals surface area contributed by atoms with E-state index in [9.17, 15) is 0 Å². The van der Waals surface area contributed by atoms with Crippen LogP contribution in [0.15, 0.2) is 12.4 Å². The van der Waals surface area contributed by atoms with Crippen molar-refractivity contribution in [2.24, 2.45) is 0 Å². The lowest BCUT2D eigenvalue weighted by Gasteiger charge is -2.21. The average molecular weight is 308 g/mol. The van der Waals surface area contributed by atoms with Crippen LogP contribution in [0.1, 0.15) is 0 Å². The second-order valence-electron chi connectivity index (χ2n) is 6.47. The van der Waals surface area contributed by atoms with Crippen molar-refractivity contribution in [3.63, 3.8) is 0 Å². The molecule has 0 aliphatic rings. The van der Waals surface area contributed by atoms with Crippen molar-refractivity contribution in [2.45, 2.75) is 39.3 Å². The highest BCUT2D eigenvalue weighted by molar-refractivity contribution is 6.70. The van der Waals surface area contributed by atoms with Crippen LogP contribution < -0.4 is 8.85 Å². The maximum Gasteiger partial charge on any atom is 0.308 e. The molecule has 0 saturated heterocycles. The van der Waals surface area contributed by atoms with Crippen LogP contribution in [0.5, 0.6) is 11.9 Å². The summed E-state index contributed by atoms with van der Waals surface area (Å²) in [4.78, 5) is 17.2. The van der Waals surface area contributed by atoms with Crippen molar-refractivity contribution in [3.8, 4) is 11.9 Å². The van der Waals surface area contributed by atoms with Crippen LogP contribution in [0.4, 0.5) is 0 Å². The highest BCUT2D eigenvalue weighted by atomic mass is 28.4. The molecule has 6 nitrogen and oxygen atoms in total. The number of hydrogen-bond acceptors (Lipinski definition) is 6. The predicted molar refractivity (Wildman–Crippen MR) is 83.1 cm³/mol. The zero-order chi connectivity index (χ0) is 15.0. The number of aromatic nitrogens is 4. The van der Waals surface area contributed by atoms with Gasteiger partial charge in [-0.2, -0.15) is 9.97 Å². The fraction of sp³-hybridized carbons (Fsp3) is 0.500. The second-order valence-corrected chi connectivity index (χ2v) is 15.3. The molecular formula is C12H20N4O2Si2. The van der Waals surface area contributed by atoms with Crippen molar-refractivity contribution in [1.82, 2.24) is 19.9 Å². The summed E-state index contributed by atoms with van der Waals surface area (Å²) in [6.45, 7) is 12.5. The summed E-state index contributed by atoms with van der Waals surface area (Å²) in [6.07, 6.45) is 3.22. The highest BCUT2D eigenvalue weighted by Crippen LogP contribution is 2.25. The monoisotopic (exact) mass is 308 g/mol. The first-order chi connectivity index (χ1) is 9.14. The van der Waals surface area contributed by atoms with E-state index in [2.05, 4.69) is 59.2 Å². The van der Waals surface area contributed by atoms with E-state index >= 15 is 0 Å². The average Bonchev–Trinajstić information content (AvgIpc) is 2.24. The van der Waals surface area contributed by atoms with Gasteiger partial charge in [-0.25, -0.2) is 9.97 Å². The summed E-state index contributed by atoms with van der Waals surface area (Å²) in [5.74, 6) is 0.468. The Morgan fingerprint density at radius 3 is 2.00 bits per heavy atom. The van der Waals surface area contributed by atoms with Crippen LogP contribution in [-0.4, -0.2) is 36.6 Å². The molecule has 0 aromatic carbocycles. The molecule has 0 bridgehead atoms. The number of nitrogens with zero attached hydrogens (tertiary/aromatic N) is 4. The lowest BCUT2D eigenvalue weighted by Crippen LogP contribution is -2.32. The van der Waals surface area contributed by atoms with Crippen molar-refractivity contribution >= 4 is 27.8 Å². The normalized spacial score (nSPS) is 12.5. The van der Waals surface area contributed by atoms with E-state index in [1.807, 2.05) is 0 Å². The number of hydrogen-bond donors (Lipinski definition) is 0. The Balaban J connectivity index is 2.52. The van der Waals surface area contributed by atoms with Crippen molar-refractivity contribution < 1.29 is 8.85 Å². The molecule has 0 aliphatic heterocycles. The van der Waals surface area contributed by atoms with Gasteiger partial charge in [-0.05, 0) is 39.3 Å². The molecule has 0 fully saturated rings. The van der Waals surface area contributed by atoms with E-state index in [1.54, 1.807) is 12.4 Å². The third kappa shape index (κ3) is 3.97. The van der Waals surface area contributed by atoms with Crippen LogP contribution in [0.3, 0.4) is 0 Å². The first kappa shape index (κ1) is 14.9. The quantitative estimate of drug-likeness (QED) is 0.809. The largest absolute Gasteiger partial charge is 0.530 e. The molecule has 0 atom stereocenters. The summed E-state index contributed by atoms with van der Waals surface area (Å²) < 4.78 is 11.8. The molecule has 20 heavy (non-hydrogen) atoms. The summed E-state index contributed by atoms with van der Waals surface area (Å²) in [5.41, 5.74) is 1.09. The third-order valence-corrected chi connectivity index (χ3v) is 3.68. The van der Waals surface area contributed by atoms with Gasteiger partial charge in [0, 0.05) is 12.4 Å². The minimum atomic E-state index is -1.80. The van der Waals surface area contributed by atoms with Crippen LogP contribution >= 0.6 is 0 Å². The van der Waals surface area contributed by atoms with Gasteiger partial charge in [0.25, 0.3) is 0 Å². The Bertz CT molecular complexity index is 623. The van der Waals surface area contributed by atoms with Gasteiger partial charge < -0.3 is 8.85 Å². The molecule has 2 rings (SSSR count). The summed E-state index contributed by atoms with van der Waals surface area (Å²) in [6, 6.07) is 0.324. The molecule has 0 aliphatic carbocycles. The lowest BCUT2D eigenvalue weighted by atomic mass is 10.5. The van der Waals surface area contributed by atoms with Crippen LogP contribution in [-0.2, 0) is 0 Å². The summed E-state index contributed by atoms with van der Waals surface area (Å²) >= 11 is 0. The molecule has 2 aromatic heterocycles. The van der Waals surface area contributed by atoms with Crippen molar-refractivity contribution in [1.29, 1.82) is 0 Å². The van der Waals surface area contributed by atoms with Gasteiger partial charge in [-0.3, -0.25) is 0 Å². The predicted octanol–water partition coefficient (Wildman–Crippen LogP) is 2.85. The van der Waals surface area contributed by atoms with Gasteiger partial charge >= 0.3 is 6.01 Å². The fourth-order valence-corrected chi connectivity index (χ4v) is 2.86. The lowest BCUT2D eigenvalue weighted by molar-refractivity contribution is 0.481. The zero-order valence-corrected chi connectivity index (χ0v) is 14.8. The van der Waals surface area contributed by atoms with Crippen LogP contribution in [0.25, 0.3) is 11.2 Å². The second kappa shape index (κ2) is 5.09. The third-order valence-electron chi connectivity index (χ3n) is 2.08. The molecule has 2 aromatic rings. The number of rotatable bonds is 4. The van der Waals surface area contributed by atoms with Gasteiger partial charge in [0.15, 0.2) is 11.2 Å². The summed E-state index contributed by atoms with van der Waals surface area (Å²) in [5, 5.41) is 0. The fourth-order valence-electron chi connectivity index (χ4n) is 1.50. The molecule has 0 unspecified atom stereocenters. The molecule has 0 spiro atoms. The highest BCUT2D eigenvalue weighted by Gasteiger charge is 2.23. The van der Waals surface area contributed by atoms with Gasteiger partial charge in [0.1, 0.15) is 0 Å². The minimum absolute atomic E-state index is 0.324. The van der Waals surface area contributed by atoms with E-state index in [-0.39, 0.29) is 0 Å². The maximum absolute atomic E-state index is 5.99. The van der Waals surface area contributed by atoms with E-state index in [4.69, 9.17) is 8.85 Å². The molecule has 8 heteroatoms. The Morgan fingerprint density at radius 1 is 0.800 bits per heavy atom. The standard InChI is InChI=1S/C12H20N4O2Si2/c1-19(2,3)17-11-9-10(14-8-7-13-9)15-12(16-11)18-20(4,5)6/h7-8H,1-6H3. The molecular weight excluding hydrogens is 288 g/mol. The van der Waals surface area contributed by atoms with E-state index in [1.165, 1.54) is 0 Å². The topological polar surface area (TPSA) is 70.0 Å². The summed E-state index contributed by atoms with van der Waals surface area (Å²) in [7, 11) is -3.58. The van der Waals surface area contributed by atoms with E-state index < -0.39 is 16.6 Å². The SMILES string of the molecule is C[Si](C)(C)Oc1nc(O[Si](C)(C)C)c2nccnc2n1. The van der Waals surface area contributed by atoms with E-state index in [0.29, 0.717) is 23.1 Å². The first-order valence-electron chi connectivity index (χ1n) is 6.51. The maximum atomic E-state index is 5.99. The van der Waals surface area contributed by atoms with Gasteiger partial charge in [-0.15, -0.1) is 0 Å². The molecule has 0 saturated carbocycles. The Labute approximate surface area is 120 Å². The minimum Gasteiger partial charge on any atom is -0.530 e. The van der Waals surface area contributed by atoms with Crippen molar-refractivity contribution in [3.05, 3.63) is 12.4 Å². The van der Waals surface area contributed by atoms with Crippen LogP contribution in [0.2, 0.25) is 39.3 Å². The smallest absolute Gasteiger partial charge is 0.308 e. The van der Waals surface area contributed by atoms with Crippen LogP contribution in [0, 0.1) is 0 Å². The zero-order valence-electron chi connectivity index (χ0n) is 12.8. The van der Waals surface area contributed by atoms with Gasteiger partial charge in [0.2, 0.25) is 22.5 Å². The Morgan fingerprint density at radius 2 is 1.40 bits per heavy atom. The van der Waals surface area contributed by atoms with Gasteiger partial charge in [-0.1, -0.05) is 0 Å². The first-order valence-corrected chi connectivity index (χ1v) is 13.3. The molecule has 0 N–H and O–H groups in total. The number of fused-ring (bicyclic) bond motifs is 1. The van der Waals surface area contributed by atoms with E-state index in [0.717, 1.165) is 0 Å². The van der Waals surface area contributed by atoms with Crippen molar-refractivity contribution in [2.75, 3.05) is 0 Å². The molecule has 2 heterocycles.